The molecule has 0 saturated carbocycles. The van der Waals surface area contributed by atoms with Crippen molar-refractivity contribution in [2.24, 2.45) is 11.8 Å². The molecule has 362 valence electrons. The predicted molar refractivity (Wildman–Crippen MR) is 224 cm³/mol. The molecule has 2 saturated heterocycles. The molecule has 0 spiro atoms. The number of aliphatic hydroxyl groups is 1. The molecule has 1 aromatic heterocycles. The molecule has 0 radical (unpaired) electrons. The number of alkyl carbamates (subject to hydrolysis) is 1. The average Bonchev–Trinajstić information content (AvgIpc) is 3.91. The molecular weight excluding hydrogens is 918 g/mol. The number of hydrogen-bond acceptors (Lipinski definition) is 18. The number of nitrogens with one attached hydrogen (secondary N) is 5. The maximum atomic E-state index is 13.3. The second kappa shape index (κ2) is 25.4. The zero-order chi connectivity index (χ0) is 48.1. The van der Waals surface area contributed by atoms with E-state index in [0.29, 0.717) is 30.9 Å². The molecule has 2 fully saturated rings. The van der Waals surface area contributed by atoms with Gasteiger partial charge in [-0.25, -0.2) is 17.9 Å². The quantitative estimate of drug-likeness (QED) is 0.0237. The monoisotopic (exact) mass is 971 g/mol. The van der Waals surface area contributed by atoms with Gasteiger partial charge in [-0.3, -0.25) is 43.8 Å². The van der Waals surface area contributed by atoms with E-state index in [-0.39, 0.29) is 131 Å². The van der Waals surface area contributed by atoms with E-state index in [9.17, 15) is 56.4 Å². The van der Waals surface area contributed by atoms with E-state index in [1.165, 1.54) is 22.9 Å². The summed E-state index contributed by atoms with van der Waals surface area (Å²) in [7, 11) is -5.27. The first kappa shape index (κ1) is 54.7. The molecule has 2 aromatic rings. The van der Waals surface area contributed by atoms with Gasteiger partial charge in [-0.1, -0.05) is 25.1 Å². The van der Waals surface area contributed by atoms with Crippen molar-refractivity contribution in [3.63, 3.8) is 0 Å². The zero-order valence-corrected chi connectivity index (χ0v) is 40.4. The molecule has 0 aliphatic carbocycles. The van der Waals surface area contributed by atoms with Crippen LogP contribution in [0.3, 0.4) is 0 Å². The molecule has 27 heteroatoms. The maximum absolute atomic E-state index is 13.3. The van der Waals surface area contributed by atoms with Crippen molar-refractivity contribution in [3.05, 3.63) is 40.7 Å². The molecule has 0 bridgehead atoms. The Balaban J connectivity index is 0.00000980. The molecule has 2 unspecified atom stereocenters. The van der Waals surface area contributed by atoms with Crippen LogP contribution in [-0.4, -0.2) is 155 Å². The molecule has 67 heavy (non-hydrogen) atoms. The van der Waals surface area contributed by atoms with Gasteiger partial charge >= 0.3 is 35.7 Å². The van der Waals surface area contributed by atoms with Gasteiger partial charge in [-0.15, -0.1) is 5.10 Å². The SMILES string of the molecule is Cc1c(COC(=O)N[C@@H](CC(C)C)C(=O)N[C@@H](C[C@@H]2CCNC2=O)C(O)S(=O)(=O)[O-])nnn1CCOCCOCCOCCC(=O)Nc1cccc2c1C(=O)N(C1CCC(=O)NC1=O)C2=O.[Na+]. The largest absolute Gasteiger partial charge is 1.00 e. The minimum atomic E-state index is -5.27. The molecule has 6 N–H and O–H groups in total. The van der Waals surface area contributed by atoms with Crippen LogP contribution in [0, 0.1) is 18.8 Å². The number of amides is 8. The summed E-state index contributed by atoms with van der Waals surface area (Å²) in [5.74, 6) is -5.29. The number of aromatic nitrogens is 3. The van der Waals surface area contributed by atoms with Crippen molar-refractivity contribution < 1.29 is 105 Å². The third kappa shape index (κ3) is 15.3. The van der Waals surface area contributed by atoms with Crippen molar-refractivity contribution in [2.75, 3.05) is 51.5 Å². The molecular formula is C40H54N9NaO16S. The first-order chi connectivity index (χ1) is 31.3. The topological polar surface area (TPSA) is 345 Å². The van der Waals surface area contributed by atoms with Crippen molar-refractivity contribution in [2.45, 2.75) is 96.0 Å². The van der Waals surface area contributed by atoms with Crippen LogP contribution < -0.4 is 56.1 Å². The first-order valence-electron chi connectivity index (χ1n) is 21.3. The van der Waals surface area contributed by atoms with E-state index in [1.54, 1.807) is 20.8 Å². The van der Waals surface area contributed by atoms with Gasteiger partial charge in [-0.05, 0) is 50.7 Å². The number of carbonyl (C=O) groups is 8. The Morgan fingerprint density at radius 2 is 1.64 bits per heavy atom. The van der Waals surface area contributed by atoms with Crippen molar-refractivity contribution >= 4 is 63.2 Å². The van der Waals surface area contributed by atoms with Crippen LogP contribution in [0.2, 0.25) is 0 Å². The van der Waals surface area contributed by atoms with Crippen molar-refractivity contribution in [1.82, 2.24) is 41.2 Å². The molecule has 3 aliphatic heterocycles. The summed E-state index contributed by atoms with van der Waals surface area (Å²) < 4.78 is 58.3. The standard InChI is InChI=1S/C40H55N9O16S.Na/c1-22(2)19-27(35(53)43-28(39(57)66(59,60)61)20-24-9-11-41-34(24)52)44-40(58)65-21-29-23(3)48(47-46-29)12-14-63-16-18-64-17-15-62-13-10-32(51)42-26-6-4-5-25-33(26)38(56)49(37(25)55)30-7-8-31(50)45-36(30)54;/h4-6,22,24,27-28,30,39,57H,7-21H2,1-3H3,(H,41,52)(H,42,51)(H,43,53)(H,44,58)(H,45,50,54)(H,59,60,61);/q;+1/p-1/t24-,27-,28-,30?,39?;/m0./s1. The summed E-state index contributed by atoms with van der Waals surface area (Å²) >= 11 is 0. The fourth-order valence-electron chi connectivity index (χ4n) is 7.36. The van der Waals surface area contributed by atoms with Gasteiger partial charge in [0.1, 0.15) is 34.5 Å². The number of fused-ring (bicyclic) bond motifs is 1. The van der Waals surface area contributed by atoms with E-state index >= 15 is 0 Å². The fourth-order valence-corrected chi connectivity index (χ4v) is 7.94. The summed E-state index contributed by atoms with van der Waals surface area (Å²) in [4.78, 5) is 102. The van der Waals surface area contributed by atoms with Gasteiger partial charge in [-0.2, -0.15) is 0 Å². The molecule has 25 nitrogen and oxygen atoms in total. The predicted octanol–water partition coefficient (Wildman–Crippen LogP) is -4.41. The summed E-state index contributed by atoms with van der Waals surface area (Å²) in [5.41, 5.74) is -1.51. The van der Waals surface area contributed by atoms with Gasteiger partial charge in [0.25, 0.3) is 11.8 Å². The zero-order valence-electron chi connectivity index (χ0n) is 37.6. The summed E-state index contributed by atoms with van der Waals surface area (Å²) in [6.45, 7) is 6.69. The number of rotatable bonds is 25. The third-order valence-electron chi connectivity index (χ3n) is 10.8. The third-order valence-corrected chi connectivity index (χ3v) is 11.7. The Hall–Kier alpha value is -4.93. The fraction of sp³-hybridized carbons (Fsp3) is 0.600. The van der Waals surface area contributed by atoms with Gasteiger partial charge in [0.2, 0.25) is 29.5 Å². The number of imide groups is 2. The number of benzene rings is 1. The van der Waals surface area contributed by atoms with E-state index in [0.717, 1.165) is 4.90 Å². The number of piperidine rings is 1. The molecule has 4 heterocycles. The van der Waals surface area contributed by atoms with E-state index in [4.69, 9.17) is 18.9 Å². The van der Waals surface area contributed by atoms with E-state index in [1.807, 2.05) is 0 Å². The Morgan fingerprint density at radius 3 is 2.28 bits per heavy atom. The van der Waals surface area contributed by atoms with Gasteiger partial charge < -0.3 is 49.9 Å². The molecule has 1 aromatic carbocycles. The van der Waals surface area contributed by atoms with Crippen LogP contribution in [0.4, 0.5) is 10.5 Å². The summed E-state index contributed by atoms with van der Waals surface area (Å²) in [5, 5.41) is 30.4. The number of carbonyl (C=O) groups excluding carboxylic acids is 8. The maximum Gasteiger partial charge on any atom is 1.00 e. The molecule has 5 atom stereocenters. The minimum Gasteiger partial charge on any atom is -0.746 e. The minimum absolute atomic E-state index is 0. The van der Waals surface area contributed by atoms with E-state index < -0.39 is 87.0 Å². The van der Waals surface area contributed by atoms with Gasteiger partial charge in [0.15, 0.2) is 5.44 Å². The van der Waals surface area contributed by atoms with Crippen molar-refractivity contribution in [1.29, 1.82) is 0 Å². The smallest absolute Gasteiger partial charge is 0.746 e. The molecule has 5 rings (SSSR count). The molecule has 8 amide bonds. The van der Waals surface area contributed by atoms with Crippen LogP contribution in [0.1, 0.15) is 84.5 Å². The number of hydrogen-bond donors (Lipinski definition) is 6. The number of anilines is 1. The number of nitrogens with zero attached hydrogens (tertiary/aromatic N) is 4. The van der Waals surface area contributed by atoms with Crippen molar-refractivity contribution in [3.8, 4) is 0 Å². The Bertz CT molecular complexity index is 2260. The Morgan fingerprint density at radius 1 is 0.955 bits per heavy atom. The average molecular weight is 972 g/mol. The van der Waals surface area contributed by atoms with Crippen LogP contribution in [0.15, 0.2) is 18.2 Å². The van der Waals surface area contributed by atoms with Crippen LogP contribution in [0.25, 0.3) is 0 Å². The normalized spacial score (nSPS) is 18.4. The van der Waals surface area contributed by atoms with Crippen LogP contribution >= 0.6 is 0 Å². The Labute approximate surface area is 407 Å². The van der Waals surface area contributed by atoms with E-state index in [2.05, 4.69) is 36.9 Å². The first-order valence-corrected chi connectivity index (χ1v) is 22.7. The van der Waals surface area contributed by atoms with Gasteiger partial charge in [0.05, 0.1) is 81.2 Å². The van der Waals surface area contributed by atoms with Gasteiger partial charge in [0, 0.05) is 18.9 Å². The van der Waals surface area contributed by atoms with Crippen LogP contribution in [-0.2, 0) is 66.2 Å². The second-order valence-electron chi connectivity index (χ2n) is 16.1. The second-order valence-corrected chi connectivity index (χ2v) is 17.5. The summed E-state index contributed by atoms with van der Waals surface area (Å²) in [6.07, 6.45) is -0.994. The van der Waals surface area contributed by atoms with Crippen LogP contribution in [0.5, 0.6) is 0 Å². The number of aliphatic hydroxyl groups excluding tert-OH is 1. The molecule has 3 aliphatic rings. The number of ether oxygens (including phenoxy) is 4. The Kier molecular flexibility index (Phi) is 20.8. The summed E-state index contributed by atoms with van der Waals surface area (Å²) in [6, 6.07) is 0.410.